The van der Waals surface area contributed by atoms with Crippen molar-refractivity contribution in [3.63, 3.8) is 0 Å². The first-order valence-corrected chi connectivity index (χ1v) is 5.37. The molecular weight excluding hydrogens is 188 g/mol. The van der Waals surface area contributed by atoms with Crippen LogP contribution in [0, 0.1) is 0 Å². The van der Waals surface area contributed by atoms with Crippen molar-refractivity contribution in [2.45, 2.75) is 24.7 Å². The first-order valence-electron chi connectivity index (χ1n) is 5.37. The summed E-state index contributed by atoms with van der Waals surface area (Å²) in [6.45, 7) is 0.715. The smallest absolute Gasteiger partial charge is 0.228 e. The number of hydrogen-bond donors (Lipinski definition) is 2. The predicted octanol–water partition coefficient (Wildman–Crippen LogP) is 1.17. The van der Waals surface area contributed by atoms with Crippen molar-refractivity contribution in [2.24, 2.45) is 5.73 Å². The van der Waals surface area contributed by atoms with Gasteiger partial charge in [-0.15, -0.1) is 0 Å². The third kappa shape index (κ3) is 1.27. The molecule has 3 nitrogen and oxygen atoms in total. The predicted molar refractivity (Wildman–Crippen MR) is 58.7 cm³/mol. The lowest BCUT2D eigenvalue weighted by Crippen LogP contribution is -2.19. The van der Waals surface area contributed by atoms with Gasteiger partial charge in [0.05, 0.1) is 6.42 Å². The maximum Gasteiger partial charge on any atom is 0.228 e. The molecule has 2 aliphatic rings. The molecule has 1 aromatic carbocycles. The van der Waals surface area contributed by atoms with E-state index >= 15 is 0 Å². The van der Waals surface area contributed by atoms with Gasteiger partial charge >= 0.3 is 0 Å². The molecular formula is C12H14N2O. The summed E-state index contributed by atoms with van der Waals surface area (Å²) in [5, 5.41) is 2.84. The van der Waals surface area contributed by atoms with Gasteiger partial charge in [-0.1, -0.05) is 12.1 Å². The monoisotopic (exact) mass is 202 g/mol. The first-order chi connectivity index (χ1) is 7.23. The largest absolute Gasteiger partial charge is 0.330 e. The topological polar surface area (TPSA) is 55.1 Å². The van der Waals surface area contributed by atoms with Crippen LogP contribution in [0.5, 0.6) is 0 Å². The number of carbonyl (C=O) groups excluding carboxylic acids is 1. The Morgan fingerprint density at radius 3 is 2.87 bits per heavy atom. The molecule has 1 aromatic rings. The fourth-order valence-electron chi connectivity index (χ4n) is 2.32. The Balaban J connectivity index is 2.00. The number of nitrogens with one attached hydrogen (secondary N) is 1. The van der Waals surface area contributed by atoms with Gasteiger partial charge < -0.3 is 11.1 Å². The maximum absolute atomic E-state index is 11.2. The van der Waals surface area contributed by atoms with Crippen LogP contribution in [0.25, 0.3) is 0 Å². The van der Waals surface area contributed by atoms with E-state index in [0.717, 1.165) is 11.3 Å². The SMILES string of the molecule is NCC1(c2ccc3c(c2)CC(=O)N3)CC1. The summed E-state index contributed by atoms with van der Waals surface area (Å²) in [7, 11) is 0. The first kappa shape index (κ1) is 8.92. The van der Waals surface area contributed by atoms with E-state index in [4.69, 9.17) is 5.73 Å². The van der Waals surface area contributed by atoms with Gasteiger partial charge in [0.15, 0.2) is 0 Å². The van der Waals surface area contributed by atoms with E-state index < -0.39 is 0 Å². The summed E-state index contributed by atoms with van der Waals surface area (Å²) in [5.74, 6) is 0.0970. The molecule has 3 N–H and O–H groups in total. The van der Waals surface area contributed by atoms with E-state index in [1.54, 1.807) is 0 Å². The second-order valence-corrected chi connectivity index (χ2v) is 4.58. The molecule has 1 aliphatic carbocycles. The van der Waals surface area contributed by atoms with Gasteiger partial charge in [-0.2, -0.15) is 0 Å². The van der Waals surface area contributed by atoms with Crippen LogP contribution in [0.2, 0.25) is 0 Å². The van der Waals surface area contributed by atoms with Crippen LogP contribution in [-0.2, 0) is 16.6 Å². The van der Waals surface area contributed by atoms with E-state index in [0.29, 0.717) is 13.0 Å². The van der Waals surface area contributed by atoms with E-state index in [2.05, 4.69) is 17.4 Å². The minimum absolute atomic E-state index is 0.0970. The Hall–Kier alpha value is -1.35. The van der Waals surface area contributed by atoms with E-state index in [9.17, 15) is 4.79 Å². The van der Waals surface area contributed by atoms with Gasteiger partial charge in [0.25, 0.3) is 0 Å². The van der Waals surface area contributed by atoms with E-state index in [1.165, 1.54) is 18.4 Å². The van der Waals surface area contributed by atoms with E-state index in [-0.39, 0.29) is 11.3 Å². The fourth-order valence-corrected chi connectivity index (χ4v) is 2.32. The molecule has 15 heavy (non-hydrogen) atoms. The third-order valence-electron chi connectivity index (χ3n) is 3.59. The van der Waals surface area contributed by atoms with Crippen molar-refractivity contribution >= 4 is 11.6 Å². The number of nitrogens with two attached hydrogens (primary N) is 1. The average Bonchev–Trinajstić information content (AvgIpc) is 2.94. The second-order valence-electron chi connectivity index (χ2n) is 4.58. The quantitative estimate of drug-likeness (QED) is 0.756. The molecule has 1 amide bonds. The molecule has 0 atom stereocenters. The Kier molecular flexibility index (Phi) is 1.68. The molecule has 1 fully saturated rings. The van der Waals surface area contributed by atoms with Crippen molar-refractivity contribution in [3.8, 4) is 0 Å². The van der Waals surface area contributed by atoms with Crippen LogP contribution in [0.15, 0.2) is 18.2 Å². The summed E-state index contributed by atoms with van der Waals surface area (Å²) in [6, 6.07) is 6.25. The van der Waals surface area contributed by atoms with Crippen molar-refractivity contribution in [2.75, 3.05) is 11.9 Å². The number of benzene rings is 1. The van der Waals surface area contributed by atoms with Gasteiger partial charge in [0, 0.05) is 17.6 Å². The normalized spacial score (nSPS) is 21.0. The minimum atomic E-state index is 0.0970. The Bertz CT molecular complexity index is 435. The number of carbonyl (C=O) groups is 1. The highest BCUT2D eigenvalue weighted by atomic mass is 16.1. The van der Waals surface area contributed by atoms with Crippen molar-refractivity contribution in [1.29, 1.82) is 0 Å². The lowest BCUT2D eigenvalue weighted by molar-refractivity contribution is -0.115. The molecule has 0 spiro atoms. The summed E-state index contributed by atoms with van der Waals surface area (Å²) >= 11 is 0. The van der Waals surface area contributed by atoms with Crippen molar-refractivity contribution in [1.82, 2.24) is 0 Å². The maximum atomic E-state index is 11.2. The molecule has 78 valence electrons. The molecule has 0 aromatic heterocycles. The summed E-state index contributed by atoms with van der Waals surface area (Å²) in [6.07, 6.45) is 2.89. The lowest BCUT2D eigenvalue weighted by Gasteiger charge is -2.13. The molecule has 1 heterocycles. The number of amides is 1. The Morgan fingerprint density at radius 2 is 2.20 bits per heavy atom. The summed E-state index contributed by atoms with van der Waals surface area (Å²) in [5.41, 5.74) is 9.41. The highest BCUT2D eigenvalue weighted by Gasteiger charge is 2.43. The minimum Gasteiger partial charge on any atom is -0.330 e. The molecule has 0 bridgehead atoms. The number of fused-ring (bicyclic) bond motifs is 1. The van der Waals surface area contributed by atoms with Crippen molar-refractivity contribution in [3.05, 3.63) is 29.3 Å². The molecule has 3 heteroatoms. The highest BCUT2D eigenvalue weighted by Crippen LogP contribution is 2.48. The zero-order chi connectivity index (χ0) is 10.5. The highest BCUT2D eigenvalue weighted by molar-refractivity contribution is 5.99. The molecule has 0 radical (unpaired) electrons. The molecule has 0 saturated heterocycles. The van der Waals surface area contributed by atoms with Gasteiger partial charge in [0.1, 0.15) is 0 Å². The summed E-state index contributed by atoms with van der Waals surface area (Å²) < 4.78 is 0. The van der Waals surface area contributed by atoms with Crippen molar-refractivity contribution < 1.29 is 4.79 Å². The number of rotatable bonds is 2. The van der Waals surface area contributed by atoms with Crippen LogP contribution >= 0.6 is 0 Å². The van der Waals surface area contributed by atoms with Gasteiger partial charge in [-0.25, -0.2) is 0 Å². The van der Waals surface area contributed by atoms with Crippen LogP contribution < -0.4 is 11.1 Å². The second kappa shape index (κ2) is 2.83. The van der Waals surface area contributed by atoms with Gasteiger partial charge in [-0.3, -0.25) is 4.79 Å². The molecule has 0 unspecified atom stereocenters. The Morgan fingerprint density at radius 1 is 1.40 bits per heavy atom. The lowest BCUT2D eigenvalue weighted by atomic mass is 9.94. The number of anilines is 1. The van der Waals surface area contributed by atoms with Gasteiger partial charge in [0.2, 0.25) is 5.91 Å². The number of hydrogen-bond acceptors (Lipinski definition) is 2. The standard InChI is InChI=1S/C12H14N2O/c13-7-12(3-4-12)9-1-2-10-8(5-9)6-11(15)14-10/h1-2,5H,3-4,6-7,13H2,(H,14,15). The third-order valence-corrected chi connectivity index (χ3v) is 3.59. The molecule has 1 aliphatic heterocycles. The van der Waals surface area contributed by atoms with Gasteiger partial charge in [-0.05, 0) is 30.0 Å². The molecule has 1 saturated carbocycles. The zero-order valence-corrected chi connectivity index (χ0v) is 8.55. The molecule has 3 rings (SSSR count). The van der Waals surface area contributed by atoms with Crippen LogP contribution in [0.1, 0.15) is 24.0 Å². The van der Waals surface area contributed by atoms with Crippen LogP contribution in [-0.4, -0.2) is 12.5 Å². The van der Waals surface area contributed by atoms with Crippen LogP contribution in [0.4, 0.5) is 5.69 Å². The summed E-state index contributed by atoms with van der Waals surface area (Å²) in [4.78, 5) is 11.2. The Labute approximate surface area is 88.7 Å². The average molecular weight is 202 g/mol. The van der Waals surface area contributed by atoms with Crippen LogP contribution in [0.3, 0.4) is 0 Å². The fraction of sp³-hybridized carbons (Fsp3) is 0.417. The zero-order valence-electron chi connectivity index (χ0n) is 8.55. The van der Waals surface area contributed by atoms with E-state index in [1.807, 2.05) is 6.07 Å².